The Morgan fingerprint density at radius 2 is 1.31 bits per heavy atom. The molecule has 0 aliphatic heterocycles. The Balaban J connectivity index is 4.50. The monoisotopic (exact) mass is 801 g/mol. The average Bonchev–Trinajstić information content (AvgIpc) is 3.17. The number of rotatable bonds is 38. The van der Waals surface area contributed by atoms with Crippen molar-refractivity contribution >= 4 is 19.8 Å². The van der Waals surface area contributed by atoms with Crippen LogP contribution in [0, 0.1) is 5.92 Å². The average molecular weight is 801 g/mol. The lowest BCUT2D eigenvalue weighted by Crippen LogP contribution is -2.29. The molecule has 320 valence electrons. The van der Waals surface area contributed by atoms with Gasteiger partial charge in [-0.1, -0.05) is 153 Å². The van der Waals surface area contributed by atoms with Crippen molar-refractivity contribution in [2.24, 2.45) is 5.92 Å². The molecular weight excluding hydrogens is 723 g/mol. The fraction of sp³-hybridized carbons (Fsp3) is 0.767. The van der Waals surface area contributed by atoms with Gasteiger partial charge in [-0.15, -0.1) is 0 Å². The predicted octanol–water partition coefficient (Wildman–Crippen LogP) is 9.77. The molecule has 0 amide bonds. The van der Waals surface area contributed by atoms with Crippen molar-refractivity contribution in [3.63, 3.8) is 0 Å². The summed E-state index contributed by atoms with van der Waals surface area (Å²) in [6.45, 7) is 4.52. The van der Waals surface area contributed by atoms with Crippen LogP contribution in [0.3, 0.4) is 0 Å². The van der Waals surface area contributed by atoms with E-state index in [0.717, 1.165) is 31.6 Å². The van der Waals surface area contributed by atoms with Gasteiger partial charge in [0.25, 0.3) is 0 Å². The van der Waals surface area contributed by atoms with Gasteiger partial charge in [0, 0.05) is 12.8 Å². The van der Waals surface area contributed by atoms with Crippen LogP contribution >= 0.6 is 7.82 Å². The zero-order chi connectivity index (χ0) is 40.8. The summed E-state index contributed by atoms with van der Waals surface area (Å²) in [5.74, 6) is -0.198. The van der Waals surface area contributed by atoms with Gasteiger partial charge in [0.05, 0.1) is 25.9 Å². The van der Waals surface area contributed by atoms with E-state index < -0.39 is 57.9 Å². The van der Waals surface area contributed by atoms with Crippen molar-refractivity contribution in [2.75, 3.05) is 26.4 Å². The van der Waals surface area contributed by atoms with Crippen LogP contribution in [-0.2, 0) is 32.7 Å². The molecule has 0 aliphatic carbocycles. The van der Waals surface area contributed by atoms with Crippen LogP contribution in [0.15, 0.2) is 48.6 Å². The highest BCUT2D eigenvalue weighted by Gasteiger charge is 2.27. The molecule has 0 fully saturated rings. The molecule has 0 aliphatic rings. The van der Waals surface area contributed by atoms with Crippen molar-refractivity contribution < 1.29 is 52.9 Å². The summed E-state index contributed by atoms with van der Waals surface area (Å²) in [4.78, 5) is 34.9. The van der Waals surface area contributed by atoms with Gasteiger partial charge in [0.2, 0.25) is 0 Å². The minimum atomic E-state index is -4.65. The lowest BCUT2D eigenvalue weighted by molar-refractivity contribution is -0.161. The van der Waals surface area contributed by atoms with Crippen molar-refractivity contribution in [1.82, 2.24) is 0 Å². The Kier molecular flexibility index (Phi) is 36.0. The summed E-state index contributed by atoms with van der Waals surface area (Å²) >= 11 is 0. The van der Waals surface area contributed by atoms with E-state index in [1.54, 1.807) is 6.08 Å². The third-order valence-corrected chi connectivity index (χ3v) is 10.1. The van der Waals surface area contributed by atoms with Crippen LogP contribution in [0.5, 0.6) is 0 Å². The van der Waals surface area contributed by atoms with Crippen LogP contribution in [0.4, 0.5) is 0 Å². The molecule has 0 heterocycles. The molecule has 4 N–H and O–H groups in total. The normalized spacial score (nSPS) is 15.5. The number of carbonyl (C=O) groups excluding carboxylic acids is 2. The lowest BCUT2D eigenvalue weighted by Gasteiger charge is -2.20. The molecule has 55 heavy (non-hydrogen) atoms. The van der Waals surface area contributed by atoms with Gasteiger partial charge in [0.1, 0.15) is 12.7 Å². The number of aliphatic hydroxyl groups is 3. The third kappa shape index (κ3) is 37.2. The third-order valence-electron chi connectivity index (χ3n) is 9.11. The highest BCUT2D eigenvalue weighted by Crippen LogP contribution is 2.43. The number of phosphoric acid groups is 1. The van der Waals surface area contributed by atoms with Gasteiger partial charge in [0.15, 0.2) is 6.10 Å². The largest absolute Gasteiger partial charge is 0.472 e. The van der Waals surface area contributed by atoms with Crippen LogP contribution < -0.4 is 0 Å². The number of hydrogen-bond acceptors (Lipinski definition) is 10. The fourth-order valence-electron chi connectivity index (χ4n) is 5.40. The van der Waals surface area contributed by atoms with E-state index in [0.29, 0.717) is 32.1 Å². The maximum Gasteiger partial charge on any atom is 0.472 e. The zero-order valence-corrected chi connectivity index (χ0v) is 35.3. The topological polar surface area (TPSA) is 169 Å². The molecule has 0 aromatic heterocycles. The minimum absolute atomic E-state index is 0.0759. The SMILES string of the molecule is CCCCC/C=C\C[C@H](O)/C=C/C=C\C/C=C\CCCC(=O)O[C@H](COC(=O)CCCCCCCCCCCCC(C)CC)COP(=O)(O)OC[C@@H](O)CO. The number of hydrogen-bond donors (Lipinski definition) is 4. The first-order valence-electron chi connectivity index (χ1n) is 21.1. The quantitative estimate of drug-likeness (QED) is 0.0154. The molecule has 2 unspecified atom stereocenters. The molecule has 0 saturated heterocycles. The molecule has 0 aromatic carbocycles. The second-order valence-electron chi connectivity index (χ2n) is 14.5. The molecule has 0 spiro atoms. The standard InChI is InChI=1S/C43H77O11P/c1-4-6-7-8-20-25-30-39(45)31-26-21-16-13-14-18-23-28-33-43(48)54-41(37-53-55(49,50)52-35-40(46)34-44)36-51-42(47)32-27-22-17-12-10-9-11-15-19-24-29-38(3)5-2/h14,16,18,20-21,25-26,31,38-41,44-46H,4-13,15,17,19,22-24,27-30,32-37H2,1-3H3,(H,49,50)/b18-14-,21-16-,25-20-,31-26+/t38?,39-,40-,41+/m0/s1. The van der Waals surface area contributed by atoms with Gasteiger partial charge in [-0.3, -0.25) is 18.6 Å². The highest BCUT2D eigenvalue weighted by atomic mass is 31.2. The van der Waals surface area contributed by atoms with Crippen LogP contribution in [0.25, 0.3) is 0 Å². The number of unbranched alkanes of at least 4 members (excludes halogenated alkanes) is 13. The van der Waals surface area contributed by atoms with E-state index in [4.69, 9.17) is 19.1 Å². The molecule has 12 heteroatoms. The number of aliphatic hydroxyl groups excluding tert-OH is 3. The van der Waals surface area contributed by atoms with Gasteiger partial charge in [-0.25, -0.2) is 4.57 Å². The Morgan fingerprint density at radius 1 is 0.691 bits per heavy atom. The van der Waals surface area contributed by atoms with Crippen molar-refractivity contribution in [3.05, 3.63) is 48.6 Å². The summed E-state index contributed by atoms with van der Waals surface area (Å²) in [6.07, 6.45) is 34.0. The Labute approximate surface area is 333 Å². The van der Waals surface area contributed by atoms with Gasteiger partial charge in [-0.2, -0.15) is 0 Å². The first-order chi connectivity index (χ1) is 26.5. The number of carbonyl (C=O) groups is 2. The van der Waals surface area contributed by atoms with Crippen LogP contribution in [-0.4, -0.2) is 76.9 Å². The van der Waals surface area contributed by atoms with Gasteiger partial charge >= 0.3 is 19.8 Å². The lowest BCUT2D eigenvalue weighted by atomic mass is 9.99. The summed E-state index contributed by atoms with van der Waals surface area (Å²) in [7, 11) is -4.65. The number of phosphoric ester groups is 1. The minimum Gasteiger partial charge on any atom is -0.462 e. The number of esters is 2. The first-order valence-corrected chi connectivity index (χ1v) is 22.6. The predicted molar refractivity (Wildman–Crippen MR) is 220 cm³/mol. The van der Waals surface area contributed by atoms with Crippen molar-refractivity contribution in [1.29, 1.82) is 0 Å². The van der Waals surface area contributed by atoms with E-state index >= 15 is 0 Å². The Hall–Kier alpha value is -2.11. The molecule has 0 rings (SSSR count). The summed E-state index contributed by atoms with van der Waals surface area (Å²) in [5.41, 5.74) is 0. The Bertz CT molecular complexity index is 1090. The number of ether oxygens (including phenoxy) is 2. The van der Waals surface area contributed by atoms with Gasteiger partial charge < -0.3 is 29.7 Å². The van der Waals surface area contributed by atoms with Crippen molar-refractivity contribution in [2.45, 2.75) is 180 Å². The molecule has 5 atom stereocenters. The van der Waals surface area contributed by atoms with Gasteiger partial charge in [-0.05, 0) is 50.9 Å². The van der Waals surface area contributed by atoms with Crippen LogP contribution in [0.2, 0.25) is 0 Å². The Morgan fingerprint density at radius 3 is 1.98 bits per heavy atom. The van der Waals surface area contributed by atoms with E-state index in [1.807, 2.05) is 36.5 Å². The molecular formula is C43H77O11P. The highest BCUT2D eigenvalue weighted by molar-refractivity contribution is 7.47. The fourth-order valence-corrected chi connectivity index (χ4v) is 6.19. The first kappa shape index (κ1) is 52.9. The summed E-state index contributed by atoms with van der Waals surface area (Å²) in [6, 6.07) is 0. The molecule has 0 bridgehead atoms. The zero-order valence-electron chi connectivity index (χ0n) is 34.4. The maximum absolute atomic E-state index is 12.6. The maximum atomic E-state index is 12.6. The smallest absolute Gasteiger partial charge is 0.462 e. The van der Waals surface area contributed by atoms with E-state index in [-0.39, 0.29) is 19.4 Å². The van der Waals surface area contributed by atoms with Crippen molar-refractivity contribution in [3.8, 4) is 0 Å². The van der Waals surface area contributed by atoms with E-state index in [9.17, 15) is 29.3 Å². The van der Waals surface area contributed by atoms with E-state index in [2.05, 4.69) is 31.4 Å². The second kappa shape index (κ2) is 37.5. The molecule has 0 aromatic rings. The summed E-state index contributed by atoms with van der Waals surface area (Å²) < 4.78 is 32.6. The van der Waals surface area contributed by atoms with E-state index in [1.165, 1.54) is 70.6 Å². The molecule has 11 nitrogen and oxygen atoms in total. The molecule has 0 saturated carbocycles. The molecule has 0 radical (unpaired) electrons. The summed E-state index contributed by atoms with van der Waals surface area (Å²) in [5, 5.41) is 28.3. The number of allylic oxidation sites excluding steroid dienone is 6. The second-order valence-corrected chi connectivity index (χ2v) is 15.9. The van der Waals surface area contributed by atoms with Crippen LogP contribution in [0.1, 0.15) is 162 Å².